The first-order valence-corrected chi connectivity index (χ1v) is 6.31. The van der Waals surface area contributed by atoms with Crippen LogP contribution in [-0.2, 0) is 6.18 Å². The van der Waals surface area contributed by atoms with Crippen LogP contribution < -0.4 is 0 Å². The van der Waals surface area contributed by atoms with E-state index in [9.17, 15) is 23.1 Å². The highest BCUT2D eigenvalue weighted by Crippen LogP contribution is 2.32. The maximum atomic E-state index is 12.5. The zero-order valence-electron chi connectivity index (χ0n) is 11.2. The fraction of sp³-hybridized carbons (Fsp3) is 0.500. The molecular formula is C14H16F3NO2. The summed E-state index contributed by atoms with van der Waals surface area (Å²) in [6, 6.07) is 4.14. The molecule has 2 rings (SSSR count). The molecule has 0 radical (unpaired) electrons. The van der Waals surface area contributed by atoms with Gasteiger partial charge in [0.1, 0.15) is 0 Å². The molecule has 6 heteroatoms. The number of carbonyl (C=O) groups is 1. The molecule has 1 amide bonds. The highest BCUT2D eigenvalue weighted by atomic mass is 19.4. The number of hydrogen-bond donors (Lipinski definition) is 1. The van der Waals surface area contributed by atoms with Gasteiger partial charge in [-0.05, 0) is 44.5 Å². The molecule has 1 N–H and O–H groups in total. The summed E-state index contributed by atoms with van der Waals surface area (Å²) in [4.78, 5) is 13.8. The number of carbonyl (C=O) groups excluding carboxylic acids is 1. The van der Waals surface area contributed by atoms with Gasteiger partial charge in [0.25, 0.3) is 5.91 Å². The third kappa shape index (κ3) is 2.52. The second-order valence-electron chi connectivity index (χ2n) is 5.49. The standard InChI is InChI=1S/C14H16F3NO2/c1-13(2)11(19)7-8-18(13)12(20)9-3-5-10(6-4-9)14(15,16)17/h3-6,11,19H,7-8H2,1-2H3. The molecule has 1 aromatic rings. The van der Waals surface area contributed by atoms with E-state index < -0.39 is 23.4 Å². The van der Waals surface area contributed by atoms with E-state index in [4.69, 9.17) is 0 Å². The molecule has 0 aliphatic carbocycles. The fourth-order valence-corrected chi connectivity index (χ4v) is 2.39. The molecule has 20 heavy (non-hydrogen) atoms. The zero-order chi connectivity index (χ0) is 15.1. The topological polar surface area (TPSA) is 40.5 Å². The zero-order valence-corrected chi connectivity index (χ0v) is 11.2. The van der Waals surface area contributed by atoms with Gasteiger partial charge in [-0.3, -0.25) is 4.79 Å². The Bertz CT molecular complexity index is 508. The monoisotopic (exact) mass is 287 g/mol. The Morgan fingerprint density at radius 1 is 1.30 bits per heavy atom. The van der Waals surface area contributed by atoms with Crippen LogP contribution in [0.25, 0.3) is 0 Å². The third-order valence-corrected chi connectivity index (χ3v) is 3.84. The van der Waals surface area contributed by atoms with Gasteiger partial charge in [-0.2, -0.15) is 13.2 Å². The number of hydrogen-bond acceptors (Lipinski definition) is 2. The molecule has 110 valence electrons. The molecule has 1 saturated heterocycles. The van der Waals surface area contributed by atoms with Gasteiger partial charge in [-0.1, -0.05) is 0 Å². The average Bonchev–Trinajstić information content (AvgIpc) is 2.62. The van der Waals surface area contributed by atoms with Crippen molar-refractivity contribution in [1.82, 2.24) is 4.90 Å². The SMILES string of the molecule is CC1(C)C(O)CCN1C(=O)c1ccc(C(F)(F)F)cc1. The average molecular weight is 287 g/mol. The summed E-state index contributed by atoms with van der Waals surface area (Å²) in [5.74, 6) is -0.361. The van der Waals surface area contributed by atoms with Crippen LogP contribution in [0, 0.1) is 0 Å². The number of benzene rings is 1. The Balaban J connectivity index is 2.23. The van der Waals surface area contributed by atoms with Crippen LogP contribution in [0.5, 0.6) is 0 Å². The molecule has 1 unspecified atom stereocenters. The lowest BCUT2D eigenvalue weighted by Crippen LogP contribution is -2.48. The number of aliphatic hydroxyl groups is 1. The summed E-state index contributed by atoms with van der Waals surface area (Å²) in [5, 5.41) is 9.83. The molecule has 1 atom stereocenters. The van der Waals surface area contributed by atoms with E-state index in [1.54, 1.807) is 13.8 Å². The van der Waals surface area contributed by atoms with Crippen LogP contribution in [0.1, 0.15) is 36.2 Å². The lowest BCUT2D eigenvalue weighted by atomic mass is 9.98. The summed E-state index contributed by atoms with van der Waals surface area (Å²) in [7, 11) is 0. The van der Waals surface area contributed by atoms with E-state index in [0.29, 0.717) is 13.0 Å². The first-order valence-electron chi connectivity index (χ1n) is 6.31. The highest BCUT2D eigenvalue weighted by molar-refractivity contribution is 5.95. The molecule has 1 aliphatic rings. The largest absolute Gasteiger partial charge is 0.416 e. The number of amides is 1. The lowest BCUT2D eigenvalue weighted by molar-refractivity contribution is -0.137. The van der Waals surface area contributed by atoms with Gasteiger partial charge in [-0.25, -0.2) is 0 Å². The molecule has 0 saturated carbocycles. The molecule has 1 aromatic carbocycles. The van der Waals surface area contributed by atoms with Gasteiger partial charge < -0.3 is 10.0 Å². The van der Waals surface area contributed by atoms with Crippen molar-refractivity contribution in [3.8, 4) is 0 Å². The van der Waals surface area contributed by atoms with E-state index in [-0.39, 0.29) is 11.5 Å². The molecule has 3 nitrogen and oxygen atoms in total. The molecule has 1 fully saturated rings. The maximum absolute atomic E-state index is 12.5. The molecule has 0 bridgehead atoms. The van der Waals surface area contributed by atoms with E-state index in [1.165, 1.54) is 17.0 Å². The minimum absolute atomic E-state index is 0.195. The first kappa shape index (κ1) is 14.8. The predicted molar refractivity (Wildman–Crippen MR) is 67.2 cm³/mol. The van der Waals surface area contributed by atoms with Crippen molar-refractivity contribution in [2.75, 3.05) is 6.54 Å². The van der Waals surface area contributed by atoms with Gasteiger partial charge in [0, 0.05) is 12.1 Å². The third-order valence-electron chi connectivity index (χ3n) is 3.84. The molecule has 1 heterocycles. The van der Waals surface area contributed by atoms with Crippen LogP contribution >= 0.6 is 0 Å². The quantitative estimate of drug-likeness (QED) is 0.862. The van der Waals surface area contributed by atoms with Gasteiger partial charge in [0.05, 0.1) is 17.2 Å². The van der Waals surface area contributed by atoms with E-state index in [2.05, 4.69) is 0 Å². The van der Waals surface area contributed by atoms with E-state index >= 15 is 0 Å². The van der Waals surface area contributed by atoms with E-state index in [1.807, 2.05) is 0 Å². The molecule has 0 spiro atoms. The van der Waals surface area contributed by atoms with Crippen molar-refractivity contribution in [3.63, 3.8) is 0 Å². The van der Waals surface area contributed by atoms with Crippen LogP contribution in [0.3, 0.4) is 0 Å². The maximum Gasteiger partial charge on any atom is 0.416 e. The van der Waals surface area contributed by atoms with Crippen molar-refractivity contribution >= 4 is 5.91 Å². The minimum Gasteiger partial charge on any atom is -0.391 e. The second-order valence-corrected chi connectivity index (χ2v) is 5.49. The predicted octanol–water partition coefficient (Wildman–Crippen LogP) is 2.69. The smallest absolute Gasteiger partial charge is 0.391 e. The number of alkyl halides is 3. The summed E-state index contributed by atoms with van der Waals surface area (Å²) in [5.41, 5.74) is -1.30. The Morgan fingerprint density at radius 2 is 1.85 bits per heavy atom. The first-order chi connectivity index (χ1) is 9.14. The van der Waals surface area contributed by atoms with Crippen molar-refractivity contribution in [2.24, 2.45) is 0 Å². The van der Waals surface area contributed by atoms with Crippen LogP contribution in [0.4, 0.5) is 13.2 Å². The van der Waals surface area contributed by atoms with Crippen molar-refractivity contribution in [2.45, 2.75) is 38.1 Å². The van der Waals surface area contributed by atoms with Gasteiger partial charge >= 0.3 is 6.18 Å². The molecular weight excluding hydrogens is 271 g/mol. The molecule has 0 aromatic heterocycles. The van der Waals surface area contributed by atoms with Gasteiger partial charge in [-0.15, -0.1) is 0 Å². The van der Waals surface area contributed by atoms with Crippen LogP contribution in [0.2, 0.25) is 0 Å². The summed E-state index contributed by atoms with van der Waals surface area (Å²) in [6.45, 7) is 3.88. The Hall–Kier alpha value is -1.56. The summed E-state index contributed by atoms with van der Waals surface area (Å²) in [6.07, 6.45) is -4.56. The van der Waals surface area contributed by atoms with Gasteiger partial charge in [0.15, 0.2) is 0 Å². The highest BCUT2D eigenvalue weighted by Gasteiger charge is 2.43. The number of aliphatic hydroxyl groups excluding tert-OH is 1. The molecule has 1 aliphatic heterocycles. The number of nitrogens with zero attached hydrogens (tertiary/aromatic N) is 1. The van der Waals surface area contributed by atoms with Crippen molar-refractivity contribution in [3.05, 3.63) is 35.4 Å². The fourth-order valence-electron chi connectivity index (χ4n) is 2.39. The summed E-state index contributed by atoms with van der Waals surface area (Å²) >= 11 is 0. The van der Waals surface area contributed by atoms with Crippen LogP contribution in [0.15, 0.2) is 24.3 Å². The Labute approximate surface area is 115 Å². The van der Waals surface area contributed by atoms with Crippen molar-refractivity contribution < 1.29 is 23.1 Å². The number of likely N-dealkylation sites (tertiary alicyclic amines) is 1. The lowest BCUT2D eigenvalue weighted by Gasteiger charge is -2.33. The second kappa shape index (κ2) is 4.77. The number of rotatable bonds is 1. The van der Waals surface area contributed by atoms with Crippen LogP contribution in [-0.4, -0.2) is 34.1 Å². The minimum atomic E-state index is -4.41. The van der Waals surface area contributed by atoms with Gasteiger partial charge in [0.2, 0.25) is 0 Å². The van der Waals surface area contributed by atoms with Crippen molar-refractivity contribution in [1.29, 1.82) is 0 Å². The van der Waals surface area contributed by atoms with E-state index in [0.717, 1.165) is 12.1 Å². The normalized spacial score (nSPS) is 22.1. The summed E-state index contributed by atoms with van der Waals surface area (Å²) < 4.78 is 37.4. The Morgan fingerprint density at radius 3 is 2.25 bits per heavy atom. The number of halogens is 3. The Kier molecular flexibility index (Phi) is 3.54.